The van der Waals surface area contributed by atoms with Crippen molar-refractivity contribution in [1.29, 1.82) is 0 Å². The summed E-state index contributed by atoms with van der Waals surface area (Å²) in [6.07, 6.45) is 6.59. The molecule has 0 fully saturated rings. The smallest absolute Gasteiger partial charge is 0.235 e. The van der Waals surface area contributed by atoms with Crippen LogP contribution in [-0.2, 0) is 6.42 Å². The Morgan fingerprint density at radius 2 is 1.00 bits per heavy atom. The molecule has 1 aliphatic carbocycles. The van der Waals surface area contributed by atoms with Crippen LogP contribution in [0.15, 0.2) is 200 Å². The van der Waals surface area contributed by atoms with Gasteiger partial charge < -0.3 is 4.57 Å². The molecule has 0 spiro atoms. The first-order valence-corrected chi connectivity index (χ1v) is 22.4. The van der Waals surface area contributed by atoms with Crippen LogP contribution in [0.4, 0.5) is 0 Å². The Labute approximate surface area is 368 Å². The topological polar surface area (TPSA) is 35.6 Å². The molecule has 4 aromatic heterocycles. The highest BCUT2D eigenvalue weighted by atomic mass is 32.1. The van der Waals surface area contributed by atoms with E-state index < -0.39 is 0 Å². The maximum absolute atomic E-state index is 5.48. The molecule has 12 aromatic rings. The summed E-state index contributed by atoms with van der Waals surface area (Å²) in [5.41, 5.74) is 17.4. The first-order valence-electron chi connectivity index (χ1n) is 21.6. The summed E-state index contributed by atoms with van der Waals surface area (Å²) >= 11 is 1.76. The minimum absolute atomic E-state index is 0.683. The van der Waals surface area contributed by atoms with Crippen molar-refractivity contribution in [2.45, 2.75) is 12.8 Å². The van der Waals surface area contributed by atoms with E-state index in [4.69, 9.17) is 9.97 Å². The van der Waals surface area contributed by atoms with Crippen molar-refractivity contribution in [2.75, 3.05) is 0 Å². The first-order chi connectivity index (χ1) is 31.2. The van der Waals surface area contributed by atoms with E-state index in [1.165, 1.54) is 76.4 Å². The summed E-state index contributed by atoms with van der Waals surface area (Å²) in [5, 5.41) is 4.97. The third-order valence-corrected chi connectivity index (χ3v) is 14.0. The molecule has 0 saturated carbocycles. The maximum atomic E-state index is 5.48. The third-order valence-electron chi connectivity index (χ3n) is 12.8. The molecule has 0 bridgehead atoms. The van der Waals surface area contributed by atoms with Crippen molar-refractivity contribution in [3.05, 3.63) is 211 Å². The maximum Gasteiger partial charge on any atom is 0.235 e. The molecule has 4 nitrogen and oxygen atoms in total. The van der Waals surface area contributed by atoms with Crippen molar-refractivity contribution >= 4 is 71.2 Å². The van der Waals surface area contributed by atoms with Crippen LogP contribution in [0.1, 0.15) is 17.5 Å². The van der Waals surface area contributed by atoms with E-state index in [9.17, 15) is 0 Å². The lowest BCUT2D eigenvalue weighted by Crippen LogP contribution is -2.03. The molecule has 0 aliphatic heterocycles. The number of fused-ring (bicyclic) bond motifs is 9. The molecule has 296 valence electrons. The van der Waals surface area contributed by atoms with Gasteiger partial charge in [0.25, 0.3) is 0 Å². The minimum Gasteiger partial charge on any atom is -0.309 e. The largest absolute Gasteiger partial charge is 0.309 e. The quantitative estimate of drug-likeness (QED) is 0.167. The van der Waals surface area contributed by atoms with Gasteiger partial charge in [0, 0.05) is 37.7 Å². The molecule has 0 amide bonds. The highest BCUT2D eigenvalue weighted by Crippen LogP contribution is 2.43. The number of para-hydroxylation sites is 1. The number of allylic oxidation sites excluding steroid dienone is 1. The Balaban J connectivity index is 1.04. The van der Waals surface area contributed by atoms with Crippen LogP contribution in [0.2, 0.25) is 0 Å². The van der Waals surface area contributed by atoms with Crippen molar-refractivity contribution < 1.29 is 0 Å². The second-order valence-electron chi connectivity index (χ2n) is 16.5. The molecule has 0 saturated heterocycles. The second kappa shape index (κ2) is 14.4. The SMILES string of the molecule is C1=Cc2ccc3c(c2CC1)c1cc(-c2ccc4c(c2)c2cc(-c5ccccc5)ccc2n4-c2ccccc2)ccc1n3-c1nc(-c2ccccc2)c2sc(-c3ccccc3)cc2n1. The van der Waals surface area contributed by atoms with Crippen molar-refractivity contribution in [3.63, 3.8) is 0 Å². The van der Waals surface area contributed by atoms with Gasteiger partial charge in [0.1, 0.15) is 0 Å². The molecule has 5 heteroatoms. The van der Waals surface area contributed by atoms with E-state index >= 15 is 0 Å². The fraction of sp³-hybridized carbons (Fsp3) is 0.0345. The van der Waals surface area contributed by atoms with Crippen LogP contribution >= 0.6 is 11.3 Å². The lowest BCUT2D eigenvalue weighted by Gasteiger charge is -2.13. The lowest BCUT2D eigenvalue weighted by atomic mass is 9.92. The molecule has 13 rings (SSSR count). The van der Waals surface area contributed by atoms with E-state index in [-0.39, 0.29) is 0 Å². The van der Waals surface area contributed by atoms with Crippen molar-refractivity contribution in [3.8, 4) is 55.6 Å². The average molecular weight is 823 g/mol. The Kier molecular flexibility index (Phi) is 8.18. The first kappa shape index (κ1) is 35.9. The van der Waals surface area contributed by atoms with Gasteiger partial charge in [-0.05, 0) is 112 Å². The minimum atomic E-state index is 0.683. The van der Waals surface area contributed by atoms with Gasteiger partial charge in [-0.1, -0.05) is 146 Å². The number of thiophene rings is 1. The van der Waals surface area contributed by atoms with E-state index in [0.29, 0.717) is 5.95 Å². The van der Waals surface area contributed by atoms with Gasteiger partial charge in [0.2, 0.25) is 5.95 Å². The lowest BCUT2D eigenvalue weighted by molar-refractivity contribution is 0.992. The molecule has 63 heavy (non-hydrogen) atoms. The summed E-state index contributed by atoms with van der Waals surface area (Å²) in [7, 11) is 0. The monoisotopic (exact) mass is 822 g/mol. The van der Waals surface area contributed by atoms with Crippen molar-refractivity contribution in [1.82, 2.24) is 19.1 Å². The zero-order valence-corrected chi connectivity index (χ0v) is 35.1. The van der Waals surface area contributed by atoms with Crippen LogP contribution in [0.3, 0.4) is 0 Å². The number of rotatable bonds is 6. The molecule has 8 aromatic carbocycles. The molecule has 0 radical (unpaired) electrons. The predicted molar refractivity (Wildman–Crippen MR) is 265 cm³/mol. The molecular formula is C58H38N4S. The van der Waals surface area contributed by atoms with E-state index in [2.05, 4.69) is 215 Å². The number of nitrogens with zero attached hydrogens (tertiary/aromatic N) is 4. The number of hydrogen-bond donors (Lipinski definition) is 0. The average Bonchev–Trinajstić information content (AvgIpc) is 4.04. The predicted octanol–water partition coefficient (Wildman–Crippen LogP) is 15.5. The Hall–Kier alpha value is -7.86. The van der Waals surface area contributed by atoms with Crippen LogP contribution in [-0.4, -0.2) is 19.1 Å². The van der Waals surface area contributed by atoms with E-state index in [1.54, 1.807) is 11.3 Å². The van der Waals surface area contributed by atoms with Gasteiger partial charge in [-0.15, -0.1) is 11.3 Å². The zero-order valence-electron chi connectivity index (χ0n) is 34.2. The molecule has 0 atom stereocenters. The van der Waals surface area contributed by atoms with Crippen LogP contribution < -0.4 is 0 Å². The Morgan fingerprint density at radius 3 is 1.67 bits per heavy atom. The van der Waals surface area contributed by atoms with Gasteiger partial charge in [-0.25, -0.2) is 9.97 Å². The number of benzene rings is 8. The normalized spacial score (nSPS) is 12.6. The van der Waals surface area contributed by atoms with Crippen LogP contribution in [0.25, 0.3) is 115 Å². The van der Waals surface area contributed by atoms with Gasteiger partial charge in [0.15, 0.2) is 0 Å². The Bertz CT molecular complexity index is 3770. The van der Waals surface area contributed by atoms with Crippen LogP contribution in [0, 0.1) is 0 Å². The van der Waals surface area contributed by atoms with E-state index in [0.717, 1.165) is 51.0 Å². The number of aromatic nitrogens is 4. The summed E-state index contributed by atoms with van der Waals surface area (Å²) in [6, 6.07) is 70.2. The molecule has 0 unspecified atom stereocenters. The zero-order chi connectivity index (χ0) is 41.4. The van der Waals surface area contributed by atoms with Gasteiger partial charge >= 0.3 is 0 Å². The van der Waals surface area contributed by atoms with Crippen molar-refractivity contribution in [2.24, 2.45) is 0 Å². The fourth-order valence-electron chi connectivity index (χ4n) is 9.88. The highest BCUT2D eigenvalue weighted by molar-refractivity contribution is 7.22. The molecule has 1 aliphatic rings. The number of hydrogen-bond acceptors (Lipinski definition) is 3. The third kappa shape index (κ3) is 5.81. The fourth-order valence-corrected chi connectivity index (χ4v) is 11.0. The Morgan fingerprint density at radius 1 is 0.444 bits per heavy atom. The standard InChI is InChI=1S/C58H38N4S/c1-5-15-37(16-6-1)41-26-29-50-46(33-41)47-34-42(27-30-51(47)61(50)44-22-11-4-12-23-44)43-28-31-52-48(35-43)55-45-24-14-13-17-38(45)25-32-53(55)62(52)58-59-49-36-54(39-18-7-2-8-19-39)63-57(49)56(60-58)40-20-9-3-10-21-40/h1-13,15-23,25-36H,14,24H2. The second-order valence-corrected chi connectivity index (χ2v) is 17.5. The van der Waals surface area contributed by atoms with Gasteiger partial charge in [-0.3, -0.25) is 4.57 Å². The summed E-state index contributed by atoms with van der Waals surface area (Å²) < 4.78 is 5.80. The van der Waals surface area contributed by atoms with Gasteiger partial charge in [0.05, 0.1) is 38.0 Å². The summed E-state index contributed by atoms with van der Waals surface area (Å²) in [4.78, 5) is 12.1. The summed E-state index contributed by atoms with van der Waals surface area (Å²) in [6.45, 7) is 0. The van der Waals surface area contributed by atoms with Gasteiger partial charge in [-0.2, -0.15) is 0 Å². The molecule has 0 N–H and O–H groups in total. The number of aryl methyl sites for hydroxylation is 1. The van der Waals surface area contributed by atoms with E-state index in [1.807, 2.05) is 0 Å². The highest BCUT2D eigenvalue weighted by Gasteiger charge is 2.23. The molecular weight excluding hydrogens is 785 g/mol. The molecule has 4 heterocycles. The van der Waals surface area contributed by atoms with Crippen LogP contribution in [0.5, 0.6) is 0 Å². The summed E-state index contributed by atoms with van der Waals surface area (Å²) in [5.74, 6) is 0.683.